The Bertz CT molecular complexity index is 1310. The molecule has 7 heteroatoms. The van der Waals surface area contributed by atoms with Crippen molar-refractivity contribution in [3.8, 4) is 5.75 Å². The monoisotopic (exact) mass is 428 g/mol. The van der Waals surface area contributed by atoms with Gasteiger partial charge in [0.05, 0.1) is 5.69 Å². The molecule has 2 aromatic heterocycles. The molecule has 2 amide bonds. The molecular weight excluding hydrogens is 404 g/mol. The first-order chi connectivity index (χ1) is 15.4. The van der Waals surface area contributed by atoms with Gasteiger partial charge < -0.3 is 19.8 Å². The number of aromatic nitrogens is 2. The van der Waals surface area contributed by atoms with Crippen molar-refractivity contribution in [2.45, 2.75) is 20.5 Å². The number of ether oxygens (including phenoxy) is 1. The van der Waals surface area contributed by atoms with Gasteiger partial charge >= 0.3 is 0 Å². The van der Waals surface area contributed by atoms with Gasteiger partial charge in [-0.15, -0.1) is 0 Å². The Hall–Kier alpha value is -4.13. The van der Waals surface area contributed by atoms with Crippen molar-refractivity contribution in [1.29, 1.82) is 0 Å². The second-order valence-corrected chi connectivity index (χ2v) is 7.58. The normalized spacial score (nSPS) is 10.7. The Morgan fingerprint density at radius 2 is 1.78 bits per heavy atom. The number of imidazole rings is 1. The molecule has 4 rings (SSSR count). The molecule has 162 valence electrons. The predicted molar refractivity (Wildman–Crippen MR) is 123 cm³/mol. The van der Waals surface area contributed by atoms with Gasteiger partial charge in [0, 0.05) is 36.3 Å². The standard InChI is InChI=1S/C25H24N4O3/c1-16-7-10-23-27-20(14-29(23)13-16)15-32-21-6-4-5-18(12-21)25(31)28-22-9-8-19(11-17(22)2)24(30)26-3/h4-14H,15H2,1-3H3,(H,26,30)(H,28,31). The summed E-state index contributed by atoms with van der Waals surface area (Å²) in [5.74, 6) is 0.156. The summed E-state index contributed by atoms with van der Waals surface area (Å²) in [4.78, 5) is 29.1. The number of benzene rings is 2. The van der Waals surface area contributed by atoms with Crippen LogP contribution in [0.2, 0.25) is 0 Å². The molecule has 2 N–H and O–H groups in total. The molecular formula is C25H24N4O3. The molecule has 0 radical (unpaired) electrons. The minimum atomic E-state index is -0.255. The Morgan fingerprint density at radius 3 is 2.56 bits per heavy atom. The highest BCUT2D eigenvalue weighted by molar-refractivity contribution is 6.05. The van der Waals surface area contributed by atoms with Gasteiger partial charge in [0.1, 0.15) is 18.0 Å². The Kier molecular flexibility index (Phi) is 5.89. The maximum absolute atomic E-state index is 12.8. The van der Waals surface area contributed by atoms with E-state index < -0.39 is 0 Å². The molecule has 0 unspecified atom stereocenters. The van der Waals surface area contributed by atoms with E-state index in [2.05, 4.69) is 15.6 Å². The number of rotatable bonds is 6. The van der Waals surface area contributed by atoms with Crippen molar-refractivity contribution in [3.05, 3.63) is 94.9 Å². The summed E-state index contributed by atoms with van der Waals surface area (Å²) < 4.78 is 7.84. The third kappa shape index (κ3) is 4.62. The zero-order chi connectivity index (χ0) is 22.7. The lowest BCUT2D eigenvalue weighted by Gasteiger charge is -2.11. The largest absolute Gasteiger partial charge is 0.487 e. The SMILES string of the molecule is CNC(=O)c1ccc(NC(=O)c2cccc(OCc3cn4cc(C)ccc4n3)c2)c(C)c1. The number of nitrogens with zero attached hydrogens (tertiary/aromatic N) is 2. The topological polar surface area (TPSA) is 84.7 Å². The summed E-state index contributed by atoms with van der Waals surface area (Å²) in [6, 6.07) is 16.1. The third-order valence-electron chi connectivity index (χ3n) is 5.10. The lowest BCUT2D eigenvalue weighted by atomic mass is 10.1. The van der Waals surface area contributed by atoms with Crippen molar-refractivity contribution in [2.75, 3.05) is 12.4 Å². The molecule has 2 aromatic carbocycles. The average molecular weight is 428 g/mol. The molecule has 0 aliphatic heterocycles. The number of nitrogens with one attached hydrogen (secondary N) is 2. The van der Waals surface area contributed by atoms with Gasteiger partial charge in [0.25, 0.3) is 11.8 Å². The summed E-state index contributed by atoms with van der Waals surface area (Å²) in [6.07, 6.45) is 3.95. The highest BCUT2D eigenvalue weighted by Gasteiger charge is 2.11. The number of carbonyl (C=O) groups is 2. The van der Waals surface area contributed by atoms with E-state index in [4.69, 9.17) is 4.74 Å². The number of anilines is 1. The van der Waals surface area contributed by atoms with E-state index in [1.165, 1.54) is 0 Å². The first-order valence-electron chi connectivity index (χ1n) is 10.2. The fourth-order valence-electron chi connectivity index (χ4n) is 3.39. The van der Waals surface area contributed by atoms with Crippen molar-refractivity contribution in [1.82, 2.24) is 14.7 Å². The van der Waals surface area contributed by atoms with Crippen LogP contribution in [0.1, 0.15) is 37.5 Å². The van der Waals surface area contributed by atoms with Gasteiger partial charge in [-0.1, -0.05) is 12.1 Å². The summed E-state index contributed by atoms with van der Waals surface area (Å²) in [5.41, 5.74) is 5.28. The van der Waals surface area contributed by atoms with Gasteiger partial charge in [-0.2, -0.15) is 0 Å². The van der Waals surface area contributed by atoms with Gasteiger partial charge in [-0.25, -0.2) is 4.98 Å². The van der Waals surface area contributed by atoms with Crippen LogP contribution in [0.25, 0.3) is 5.65 Å². The van der Waals surface area contributed by atoms with Crippen molar-refractivity contribution < 1.29 is 14.3 Å². The van der Waals surface area contributed by atoms with Crippen LogP contribution in [0.4, 0.5) is 5.69 Å². The summed E-state index contributed by atoms with van der Waals surface area (Å²) in [5, 5.41) is 5.48. The smallest absolute Gasteiger partial charge is 0.255 e. The van der Waals surface area contributed by atoms with Crippen molar-refractivity contribution >= 4 is 23.1 Å². The molecule has 32 heavy (non-hydrogen) atoms. The molecule has 0 atom stereocenters. The summed E-state index contributed by atoms with van der Waals surface area (Å²) in [7, 11) is 1.58. The van der Waals surface area contributed by atoms with Crippen LogP contribution in [-0.4, -0.2) is 28.2 Å². The van der Waals surface area contributed by atoms with Crippen LogP contribution >= 0.6 is 0 Å². The van der Waals surface area contributed by atoms with Crippen molar-refractivity contribution in [2.24, 2.45) is 0 Å². The van der Waals surface area contributed by atoms with Gasteiger partial charge in [0.15, 0.2) is 0 Å². The highest BCUT2D eigenvalue weighted by atomic mass is 16.5. The quantitative estimate of drug-likeness (QED) is 0.483. The molecule has 0 saturated heterocycles. The van der Waals surface area contributed by atoms with Crippen molar-refractivity contribution in [3.63, 3.8) is 0 Å². The Morgan fingerprint density at radius 1 is 0.969 bits per heavy atom. The van der Waals surface area contributed by atoms with Crippen LogP contribution in [0.3, 0.4) is 0 Å². The third-order valence-corrected chi connectivity index (χ3v) is 5.10. The maximum atomic E-state index is 12.8. The number of fused-ring (bicyclic) bond motifs is 1. The van der Waals surface area contributed by atoms with Crippen LogP contribution in [0, 0.1) is 13.8 Å². The fraction of sp³-hybridized carbons (Fsp3) is 0.160. The lowest BCUT2D eigenvalue weighted by Crippen LogP contribution is -2.18. The maximum Gasteiger partial charge on any atom is 0.255 e. The lowest BCUT2D eigenvalue weighted by molar-refractivity contribution is 0.0962. The molecule has 7 nitrogen and oxygen atoms in total. The van der Waals surface area contributed by atoms with Gasteiger partial charge in [-0.3, -0.25) is 9.59 Å². The average Bonchev–Trinajstić information content (AvgIpc) is 3.20. The minimum absolute atomic E-state index is 0.170. The first-order valence-corrected chi connectivity index (χ1v) is 10.2. The van der Waals surface area contributed by atoms with E-state index in [1.807, 2.05) is 42.8 Å². The molecule has 0 spiro atoms. The number of hydrogen-bond acceptors (Lipinski definition) is 4. The van der Waals surface area contributed by atoms with Crippen LogP contribution < -0.4 is 15.4 Å². The Balaban J connectivity index is 1.44. The van der Waals surface area contributed by atoms with E-state index in [0.717, 1.165) is 22.5 Å². The van der Waals surface area contributed by atoms with E-state index in [1.54, 1.807) is 49.5 Å². The molecule has 4 aromatic rings. The number of amides is 2. The van der Waals surface area contributed by atoms with Gasteiger partial charge in [0.2, 0.25) is 0 Å². The predicted octanol–water partition coefficient (Wildman–Crippen LogP) is 4.14. The number of pyridine rings is 1. The zero-order valence-electron chi connectivity index (χ0n) is 18.2. The van der Waals surface area contributed by atoms with E-state index in [0.29, 0.717) is 29.2 Å². The van der Waals surface area contributed by atoms with Crippen LogP contribution in [-0.2, 0) is 6.61 Å². The second kappa shape index (κ2) is 8.93. The van der Waals surface area contributed by atoms with Crippen LogP contribution in [0.5, 0.6) is 5.75 Å². The van der Waals surface area contributed by atoms with E-state index in [9.17, 15) is 9.59 Å². The number of carbonyl (C=O) groups excluding carboxylic acids is 2. The summed E-state index contributed by atoms with van der Waals surface area (Å²) >= 11 is 0. The molecule has 0 fully saturated rings. The first kappa shape index (κ1) is 21.1. The molecule has 0 saturated carbocycles. The fourth-order valence-corrected chi connectivity index (χ4v) is 3.39. The molecule has 0 bridgehead atoms. The number of aryl methyl sites for hydroxylation is 2. The van der Waals surface area contributed by atoms with E-state index in [-0.39, 0.29) is 11.8 Å². The van der Waals surface area contributed by atoms with Crippen LogP contribution in [0.15, 0.2) is 67.0 Å². The molecule has 0 aliphatic rings. The van der Waals surface area contributed by atoms with E-state index >= 15 is 0 Å². The number of hydrogen-bond donors (Lipinski definition) is 2. The molecule has 2 heterocycles. The highest BCUT2D eigenvalue weighted by Crippen LogP contribution is 2.20. The zero-order valence-corrected chi connectivity index (χ0v) is 18.2. The van der Waals surface area contributed by atoms with Gasteiger partial charge in [-0.05, 0) is 67.4 Å². The second-order valence-electron chi connectivity index (χ2n) is 7.58. The molecule has 0 aliphatic carbocycles. The Labute approximate surface area is 186 Å². The minimum Gasteiger partial charge on any atom is -0.487 e. The summed E-state index contributed by atoms with van der Waals surface area (Å²) in [6.45, 7) is 4.17.